The number of benzene rings is 2. The fourth-order valence-electron chi connectivity index (χ4n) is 3.43. The molecule has 160 valence electrons. The number of aliphatic imine (C=N–C) groups is 1. The van der Waals surface area contributed by atoms with E-state index in [9.17, 15) is 9.90 Å². The zero-order valence-corrected chi connectivity index (χ0v) is 17.7. The molecule has 1 unspecified atom stereocenters. The number of carbonyl (C=O) groups is 1. The van der Waals surface area contributed by atoms with Crippen LogP contribution in [0.2, 0.25) is 0 Å². The van der Waals surface area contributed by atoms with Crippen LogP contribution in [0.5, 0.6) is 5.75 Å². The molecular weight excluding hydrogens is 378 g/mol. The fraction of sp³-hybridized carbons (Fsp3) is 0.391. The van der Waals surface area contributed by atoms with Gasteiger partial charge in [-0.15, -0.1) is 0 Å². The van der Waals surface area contributed by atoms with Gasteiger partial charge in [0, 0.05) is 43.5 Å². The lowest BCUT2D eigenvalue weighted by Crippen LogP contribution is -2.45. The monoisotopic (exact) mass is 409 g/mol. The van der Waals surface area contributed by atoms with Crippen LogP contribution in [0.1, 0.15) is 29.3 Å². The van der Waals surface area contributed by atoms with Crippen molar-refractivity contribution >= 4 is 17.6 Å². The van der Waals surface area contributed by atoms with E-state index >= 15 is 0 Å². The maximum Gasteiger partial charge on any atom is 0.251 e. The Balaban J connectivity index is 1.46. The average Bonchev–Trinajstić information content (AvgIpc) is 3.20. The van der Waals surface area contributed by atoms with Crippen molar-refractivity contribution in [1.82, 2.24) is 16.0 Å². The van der Waals surface area contributed by atoms with Gasteiger partial charge in [-0.05, 0) is 56.7 Å². The highest BCUT2D eigenvalue weighted by Gasteiger charge is 2.23. The molecule has 0 saturated carbocycles. The molecular formula is C23H31N5O2. The van der Waals surface area contributed by atoms with Crippen LogP contribution < -0.4 is 20.9 Å². The number of nitrogens with one attached hydrogen (secondary N) is 3. The van der Waals surface area contributed by atoms with Crippen LogP contribution in [0.15, 0.2) is 53.5 Å². The Bertz CT molecular complexity index is 849. The standard InChI is InChI=1S/C23H31N5O2/c1-3-24-23(26-14-13-25-22(30)18-6-10-21(29)11-7-18)27-19-12-15-28(16-19)20-8-4-17(2)5-9-20/h4-11,19,29H,3,12-16H2,1-2H3,(H,25,30)(H2,24,26,27). The van der Waals surface area contributed by atoms with E-state index in [-0.39, 0.29) is 11.7 Å². The maximum absolute atomic E-state index is 12.1. The minimum atomic E-state index is -0.173. The highest BCUT2D eigenvalue weighted by Crippen LogP contribution is 2.20. The zero-order chi connectivity index (χ0) is 21.3. The number of aryl methyl sites for hydroxylation is 1. The van der Waals surface area contributed by atoms with Crippen molar-refractivity contribution in [2.75, 3.05) is 37.6 Å². The molecule has 0 aliphatic carbocycles. The number of phenols is 1. The number of rotatable bonds is 7. The molecule has 1 fully saturated rings. The van der Waals surface area contributed by atoms with Crippen LogP contribution in [0.3, 0.4) is 0 Å². The molecule has 1 aliphatic heterocycles. The Kier molecular flexibility index (Phi) is 7.54. The number of aromatic hydroxyl groups is 1. The molecule has 1 aliphatic rings. The highest BCUT2D eigenvalue weighted by atomic mass is 16.3. The van der Waals surface area contributed by atoms with E-state index in [2.05, 4.69) is 57.0 Å². The Morgan fingerprint density at radius 2 is 1.87 bits per heavy atom. The summed E-state index contributed by atoms with van der Waals surface area (Å²) >= 11 is 0. The van der Waals surface area contributed by atoms with Crippen LogP contribution in [0.25, 0.3) is 0 Å². The molecule has 1 heterocycles. The second-order valence-electron chi connectivity index (χ2n) is 7.47. The van der Waals surface area contributed by atoms with Crippen molar-refractivity contribution in [3.8, 4) is 5.75 Å². The molecule has 7 heteroatoms. The second kappa shape index (κ2) is 10.5. The number of anilines is 1. The van der Waals surface area contributed by atoms with Crippen molar-refractivity contribution in [2.24, 2.45) is 4.99 Å². The molecule has 1 amide bonds. The average molecular weight is 410 g/mol. The Morgan fingerprint density at radius 1 is 1.13 bits per heavy atom. The molecule has 2 aromatic carbocycles. The lowest BCUT2D eigenvalue weighted by molar-refractivity contribution is 0.0955. The third-order valence-corrected chi connectivity index (χ3v) is 5.07. The third-order valence-electron chi connectivity index (χ3n) is 5.07. The third kappa shape index (κ3) is 6.14. The van der Waals surface area contributed by atoms with Crippen molar-refractivity contribution in [1.29, 1.82) is 0 Å². The number of carbonyl (C=O) groups excluding carboxylic acids is 1. The second-order valence-corrected chi connectivity index (χ2v) is 7.47. The Morgan fingerprint density at radius 3 is 2.57 bits per heavy atom. The van der Waals surface area contributed by atoms with Gasteiger partial charge in [0.25, 0.3) is 5.91 Å². The highest BCUT2D eigenvalue weighted by molar-refractivity contribution is 5.94. The van der Waals surface area contributed by atoms with E-state index in [1.165, 1.54) is 23.4 Å². The number of guanidine groups is 1. The first kappa shape index (κ1) is 21.5. The molecule has 0 bridgehead atoms. The van der Waals surface area contributed by atoms with Gasteiger partial charge in [-0.3, -0.25) is 9.79 Å². The lowest BCUT2D eigenvalue weighted by Gasteiger charge is -2.20. The van der Waals surface area contributed by atoms with Crippen molar-refractivity contribution in [3.05, 3.63) is 59.7 Å². The van der Waals surface area contributed by atoms with Crippen LogP contribution in [0.4, 0.5) is 5.69 Å². The van der Waals surface area contributed by atoms with Crippen LogP contribution in [-0.2, 0) is 0 Å². The van der Waals surface area contributed by atoms with Crippen LogP contribution in [0, 0.1) is 6.92 Å². The van der Waals surface area contributed by atoms with Crippen molar-refractivity contribution in [2.45, 2.75) is 26.3 Å². The molecule has 3 rings (SSSR count). The van der Waals surface area contributed by atoms with E-state index in [1.54, 1.807) is 12.1 Å². The number of phenolic OH excluding ortho intramolecular Hbond substituents is 1. The van der Waals surface area contributed by atoms with E-state index in [0.29, 0.717) is 24.7 Å². The minimum absolute atomic E-state index is 0.144. The normalized spacial score (nSPS) is 16.4. The SMILES string of the molecule is CCNC(=NCCNC(=O)c1ccc(O)cc1)NC1CCN(c2ccc(C)cc2)C1. The predicted octanol–water partition coefficient (Wildman–Crippen LogP) is 2.26. The van der Waals surface area contributed by atoms with Gasteiger partial charge in [0.15, 0.2) is 5.96 Å². The van der Waals surface area contributed by atoms with E-state index in [1.807, 2.05) is 6.92 Å². The van der Waals surface area contributed by atoms with Gasteiger partial charge in [-0.1, -0.05) is 17.7 Å². The molecule has 2 aromatic rings. The number of hydrogen-bond donors (Lipinski definition) is 4. The minimum Gasteiger partial charge on any atom is -0.508 e. The van der Waals surface area contributed by atoms with Crippen molar-refractivity contribution < 1.29 is 9.90 Å². The quantitative estimate of drug-likeness (QED) is 0.320. The predicted molar refractivity (Wildman–Crippen MR) is 121 cm³/mol. The summed E-state index contributed by atoms with van der Waals surface area (Å²) in [6, 6.07) is 15.2. The summed E-state index contributed by atoms with van der Waals surface area (Å²) in [5.41, 5.74) is 3.04. The molecule has 1 atom stereocenters. The maximum atomic E-state index is 12.1. The fourth-order valence-corrected chi connectivity index (χ4v) is 3.43. The Labute approximate surface area is 178 Å². The van der Waals surface area contributed by atoms with E-state index < -0.39 is 0 Å². The summed E-state index contributed by atoms with van der Waals surface area (Å²) in [5.74, 6) is 0.741. The summed E-state index contributed by atoms with van der Waals surface area (Å²) < 4.78 is 0. The van der Waals surface area contributed by atoms with Crippen molar-refractivity contribution in [3.63, 3.8) is 0 Å². The van der Waals surface area contributed by atoms with Gasteiger partial charge >= 0.3 is 0 Å². The smallest absolute Gasteiger partial charge is 0.251 e. The van der Waals surface area contributed by atoms with Gasteiger partial charge in [-0.2, -0.15) is 0 Å². The van der Waals surface area contributed by atoms with E-state index in [4.69, 9.17) is 0 Å². The summed E-state index contributed by atoms with van der Waals surface area (Å²) in [4.78, 5) is 19.1. The zero-order valence-electron chi connectivity index (χ0n) is 17.7. The molecule has 0 radical (unpaired) electrons. The molecule has 7 nitrogen and oxygen atoms in total. The van der Waals surface area contributed by atoms with Gasteiger partial charge in [0.2, 0.25) is 0 Å². The summed E-state index contributed by atoms with van der Waals surface area (Å²) in [6.07, 6.45) is 1.05. The molecule has 30 heavy (non-hydrogen) atoms. The lowest BCUT2D eigenvalue weighted by atomic mass is 10.2. The molecule has 4 N–H and O–H groups in total. The van der Waals surface area contributed by atoms with Gasteiger partial charge in [0.05, 0.1) is 6.54 Å². The van der Waals surface area contributed by atoms with Gasteiger partial charge < -0.3 is 26.0 Å². The summed E-state index contributed by atoms with van der Waals surface area (Å²) in [5, 5.41) is 18.9. The van der Waals surface area contributed by atoms with E-state index in [0.717, 1.165) is 32.0 Å². The molecule has 0 aromatic heterocycles. The first-order valence-corrected chi connectivity index (χ1v) is 10.5. The molecule has 1 saturated heterocycles. The Hall–Kier alpha value is -3.22. The number of nitrogens with zero attached hydrogens (tertiary/aromatic N) is 2. The largest absolute Gasteiger partial charge is 0.508 e. The van der Waals surface area contributed by atoms with Crippen LogP contribution in [-0.4, -0.2) is 55.7 Å². The van der Waals surface area contributed by atoms with Crippen LogP contribution >= 0.6 is 0 Å². The molecule has 0 spiro atoms. The number of amides is 1. The summed E-state index contributed by atoms with van der Waals surface area (Å²) in [6.45, 7) is 7.79. The first-order valence-electron chi connectivity index (χ1n) is 10.5. The van der Waals surface area contributed by atoms with Gasteiger partial charge in [-0.25, -0.2) is 0 Å². The topological polar surface area (TPSA) is 89.0 Å². The first-order chi connectivity index (χ1) is 14.5. The van der Waals surface area contributed by atoms with Gasteiger partial charge in [0.1, 0.15) is 5.75 Å². The number of hydrogen-bond acceptors (Lipinski definition) is 4. The summed E-state index contributed by atoms with van der Waals surface area (Å²) in [7, 11) is 0.